The summed E-state index contributed by atoms with van der Waals surface area (Å²) < 4.78 is 0. The van der Waals surface area contributed by atoms with Gasteiger partial charge in [0.25, 0.3) is 0 Å². The quantitative estimate of drug-likeness (QED) is 0.567. The molecule has 0 spiro atoms. The van der Waals surface area contributed by atoms with Crippen molar-refractivity contribution in [2.45, 2.75) is 50.3 Å². The maximum Gasteiger partial charge on any atom is 0.246 e. The highest BCUT2D eigenvalue weighted by atomic mass is 16.3. The van der Waals surface area contributed by atoms with Crippen molar-refractivity contribution >= 4 is 11.8 Å². The molecule has 1 heterocycles. The number of carbonyl (C=O) groups excluding carboxylic acids is 2. The fraction of sp³-hybridized carbons (Fsp3) is 0.800. The van der Waals surface area contributed by atoms with Gasteiger partial charge in [-0.15, -0.1) is 0 Å². The van der Waals surface area contributed by atoms with Crippen LogP contribution in [0.4, 0.5) is 0 Å². The van der Waals surface area contributed by atoms with Gasteiger partial charge in [-0.3, -0.25) is 14.5 Å². The first-order chi connectivity index (χ1) is 7.09. The van der Waals surface area contributed by atoms with E-state index in [4.69, 9.17) is 5.73 Å². The molecule has 2 aliphatic rings. The van der Waals surface area contributed by atoms with Crippen molar-refractivity contribution in [3.05, 3.63) is 0 Å². The first-order valence-electron chi connectivity index (χ1n) is 5.39. The van der Waals surface area contributed by atoms with Crippen LogP contribution in [0.5, 0.6) is 0 Å². The Hall–Kier alpha value is -0.940. The Bertz CT molecular complexity index is 284. The molecule has 3 N–H and O–H groups in total. The first kappa shape index (κ1) is 10.6. The van der Waals surface area contributed by atoms with E-state index in [9.17, 15) is 14.7 Å². The average molecular weight is 212 g/mol. The molecule has 1 atom stereocenters. The largest absolute Gasteiger partial charge is 0.393 e. The minimum atomic E-state index is -0.649. The second-order valence-electron chi connectivity index (χ2n) is 4.37. The van der Waals surface area contributed by atoms with Crippen LogP contribution in [0.3, 0.4) is 0 Å². The Balaban J connectivity index is 2.04. The second kappa shape index (κ2) is 3.90. The molecule has 5 nitrogen and oxygen atoms in total. The van der Waals surface area contributed by atoms with Crippen molar-refractivity contribution < 1.29 is 14.7 Å². The molecule has 0 aromatic rings. The third kappa shape index (κ3) is 1.89. The van der Waals surface area contributed by atoms with Crippen molar-refractivity contribution in [1.82, 2.24) is 4.90 Å². The van der Waals surface area contributed by atoms with Crippen LogP contribution in [-0.4, -0.2) is 40.0 Å². The third-order valence-electron chi connectivity index (χ3n) is 3.25. The lowest BCUT2D eigenvalue weighted by Gasteiger charge is -2.31. The molecule has 15 heavy (non-hydrogen) atoms. The Labute approximate surface area is 88.2 Å². The van der Waals surface area contributed by atoms with E-state index in [1.165, 1.54) is 4.90 Å². The molecule has 2 amide bonds. The smallest absolute Gasteiger partial charge is 0.246 e. The summed E-state index contributed by atoms with van der Waals surface area (Å²) in [6.07, 6.45) is 2.59. The van der Waals surface area contributed by atoms with E-state index in [0.29, 0.717) is 25.7 Å². The molecule has 1 aliphatic carbocycles. The average Bonchev–Trinajstić information content (AvgIpc) is 2.44. The van der Waals surface area contributed by atoms with E-state index in [0.717, 1.165) is 0 Å². The highest BCUT2D eigenvalue weighted by Crippen LogP contribution is 2.26. The Morgan fingerprint density at radius 2 is 1.80 bits per heavy atom. The maximum absolute atomic E-state index is 11.6. The van der Waals surface area contributed by atoms with Crippen molar-refractivity contribution in [3.63, 3.8) is 0 Å². The SMILES string of the molecule is N[C@H]1CC(=O)N(C2CCC(O)CC2)C1=O. The number of likely N-dealkylation sites (tertiary alicyclic amines) is 1. The van der Waals surface area contributed by atoms with Crippen molar-refractivity contribution in [3.8, 4) is 0 Å². The van der Waals surface area contributed by atoms with E-state index in [2.05, 4.69) is 0 Å². The van der Waals surface area contributed by atoms with Gasteiger partial charge < -0.3 is 10.8 Å². The molecule has 5 heteroatoms. The first-order valence-corrected chi connectivity index (χ1v) is 5.39. The van der Waals surface area contributed by atoms with Crippen molar-refractivity contribution in [1.29, 1.82) is 0 Å². The van der Waals surface area contributed by atoms with E-state index in [-0.39, 0.29) is 30.4 Å². The number of carbonyl (C=O) groups is 2. The summed E-state index contributed by atoms with van der Waals surface area (Å²) in [7, 11) is 0. The Morgan fingerprint density at radius 3 is 2.27 bits per heavy atom. The van der Waals surface area contributed by atoms with Gasteiger partial charge in [0.1, 0.15) is 0 Å². The number of hydrogen-bond acceptors (Lipinski definition) is 4. The molecule has 1 aliphatic heterocycles. The number of aliphatic hydroxyl groups is 1. The van der Waals surface area contributed by atoms with Gasteiger partial charge in [-0.1, -0.05) is 0 Å². The topological polar surface area (TPSA) is 83.6 Å². The summed E-state index contributed by atoms with van der Waals surface area (Å²) in [5.74, 6) is -0.407. The molecule has 2 fully saturated rings. The second-order valence-corrected chi connectivity index (χ2v) is 4.37. The maximum atomic E-state index is 11.6. The van der Waals surface area contributed by atoms with Gasteiger partial charge in [-0.25, -0.2) is 0 Å². The molecule has 1 saturated carbocycles. The summed E-state index contributed by atoms with van der Waals surface area (Å²) in [4.78, 5) is 24.5. The summed E-state index contributed by atoms with van der Waals surface area (Å²) in [5, 5.41) is 9.34. The summed E-state index contributed by atoms with van der Waals surface area (Å²) in [6.45, 7) is 0. The number of aliphatic hydroxyl groups excluding tert-OH is 1. The molecule has 0 aromatic carbocycles. The minimum absolute atomic E-state index is 0.0399. The molecular formula is C10H16N2O3. The Morgan fingerprint density at radius 1 is 1.20 bits per heavy atom. The predicted octanol–water partition coefficient (Wildman–Crippen LogP) is -0.624. The molecule has 1 saturated heterocycles. The van der Waals surface area contributed by atoms with Crippen molar-refractivity contribution in [2.24, 2.45) is 5.73 Å². The minimum Gasteiger partial charge on any atom is -0.393 e. The Kier molecular flexibility index (Phi) is 2.75. The molecular weight excluding hydrogens is 196 g/mol. The zero-order valence-electron chi connectivity index (χ0n) is 8.56. The van der Waals surface area contributed by atoms with E-state index < -0.39 is 6.04 Å². The van der Waals surface area contributed by atoms with Gasteiger partial charge in [-0.2, -0.15) is 0 Å². The number of amides is 2. The van der Waals surface area contributed by atoms with Crippen LogP contribution in [0.1, 0.15) is 32.1 Å². The fourth-order valence-electron chi connectivity index (χ4n) is 2.38. The fourth-order valence-corrected chi connectivity index (χ4v) is 2.38. The van der Waals surface area contributed by atoms with Gasteiger partial charge in [0.15, 0.2) is 0 Å². The normalized spacial score (nSPS) is 37.5. The zero-order chi connectivity index (χ0) is 11.0. The van der Waals surface area contributed by atoms with Crippen LogP contribution < -0.4 is 5.73 Å². The van der Waals surface area contributed by atoms with Crippen LogP contribution >= 0.6 is 0 Å². The number of imide groups is 1. The summed E-state index contributed by atoms with van der Waals surface area (Å²) in [6, 6.07) is -0.689. The lowest BCUT2D eigenvalue weighted by molar-refractivity contribution is -0.142. The number of hydrogen-bond donors (Lipinski definition) is 2. The molecule has 0 unspecified atom stereocenters. The highest BCUT2D eigenvalue weighted by Gasteiger charge is 2.41. The third-order valence-corrected chi connectivity index (χ3v) is 3.25. The highest BCUT2D eigenvalue weighted by molar-refractivity contribution is 6.05. The molecule has 84 valence electrons. The van der Waals surface area contributed by atoms with E-state index in [1.807, 2.05) is 0 Å². The summed E-state index contributed by atoms with van der Waals surface area (Å²) in [5.41, 5.74) is 5.53. The summed E-state index contributed by atoms with van der Waals surface area (Å²) >= 11 is 0. The van der Waals surface area contributed by atoms with Crippen LogP contribution in [0.15, 0.2) is 0 Å². The van der Waals surface area contributed by atoms with E-state index in [1.54, 1.807) is 0 Å². The monoisotopic (exact) mass is 212 g/mol. The van der Waals surface area contributed by atoms with Crippen LogP contribution in [0, 0.1) is 0 Å². The van der Waals surface area contributed by atoms with Crippen LogP contribution in [-0.2, 0) is 9.59 Å². The molecule has 0 radical (unpaired) electrons. The standard InChI is InChI=1S/C10H16N2O3/c11-8-5-9(14)12(10(8)15)6-1-3-7(13)4-2-6/h6-8,13H,1-5,11H2/t6?,7?,8-/m0/s1. The van der Waals surface area contributed by atoms with Gasteiger partial charge in [0.2, 0.25) is 11.8 Å². The van der Waals surface area contributed by atoms with Gasteiger partial charge in [0.05, 0.1) is 18.6 Å². The molecule has 2 rings (SSSR count). The molecule has 0 bridgehead atoms. The lowest BCUT2D eigenvalue weighted by atomic mass is 9.92. The number of rotatable bonds is 1. The van der Waals surface area contributed by atoms with E-state index >= 15 is 0 Å². The van der Waals surface area contributed by atoms with Gasteiger partial charge in [-0.05, 0) is 25.7 Å². The zero-order valence-corrected chi connectivity index (χ0v) is 8.56. The van der Waals surface area contributed by atoms with Crippen LogP contribution in [0.2, 0.25) is 0 Å². The molecule has 0 aromatic heterocycles. The number of nitrogens with two attached hydrogens (primary N) is 1. The van der Waals surface area contributed by atoms with Gasteiger partial charge >= 0.3 is 0 Å². The lowest BCUT2D eigenvalue weighted by Crippen LogP contribution is -2.44. The van der Waals surface area contributed by atoms with Gasteiger partial charge in [0, 0.05) is 6.04 Å². The number of nitrogens with zero attached hydrogens (tertiary/aromatic N) is 1. The van der Waals surface area contributed by atoms with Crippen LogP contribution in [0.25, 0.3) is 0 Å². The predicted molar refractivity (Wildman–Crippen MR) is 52.7 cm³/mol. The van der Waals surface area contributed by atoms with Crippen molar-refractivity contribution in [2.75, 3.05) is 0 Å².